The van der Waals surface area contributed by atoms with Crippen LogP contribution in [0, 0.1) is 0 Å². The number of hydrogen-bond donors (Lipinski definition) is 0. The summed E-state index contributed by atoms with van der Waals surface area (Å²) in [5.41, 5.74) is -0.397. The average molecular weight is 402 g/mol. The van der Waals surface area contributed by atoms with Crippen LogP contribution in [0.15, 0.2) is 35.7 Å². The number of benzene rings is 1. The van der Waals surface area contributed by atoms with Gasteiger partial charge in [0.2, 0.25) is 11.6 Å². The van der Waals surface area contributed by atoms with E-state index in [0.717, 1.165) is 4.90 Å². The molecule has 0 atom stereocenters. The maximum Gasteiger partial charge on any atom is 0.326 e. The molecule has 0 spiro atoms. The van der Waals surface area contributed by atoms with E-state index in [2.05, 4.69) is 0 Å². The Morgan fingerprint density at radius 2 is 1.48 bits per heavy atom. The van der Waals surface area contributed by atoms with Crippen molar-refractivity contribution in [3.63, 3.8) is 0 Å². The number of esters is 1. The molecule has 8 nitrogen and oxygen atoms in total. The Hall–Kier alpha value is -3.00. The van der Waals surface area contributed by atoms with Crippen molar-refractivity contribution in [2.24, 2.45) is 0 Å². The Balaban J connectivity index is 2.52. The van der Waals surface area contributed by atoms with E-state index in [0.29, 0.717) is 0 Å². The fraction of sp³-hybridized carbons (Fsp3) is 0.429. The first-order chi connectivity index (χ1) is 13.5. The molecule has 1 amide bonds. The molecule has 29 heavy (non-hydrogen) atoms. The van der Waals surface area contributed by atoms with Gasteiger partial charge >= 0.3 is 5.97 Å². The van der Waals surface area contributed by atoms with Crippen molar-refractivity contribution in [3.05, 3.63) is 46.8 Å². The maximum atomic E-state index is 13.2. The summed E-state index contributed by atoms with van der Waals surface area (Å²) in [6.07, 6.45) is 0. The van der Waals surface area contributed by atoms with E-state index in [1.54, 1.807) is 39.0 Å². The first kappa shape index (κ1) is 22.3. The van der Waals surface area contributed by atoms with Gasteiger partial charge in [-0.1, -0.05) is 24.3 Å². The molecule has 0 bridgehead atoms. The van der Waals surface area contributed by atoms with Gasteiger partial charge in [-0.05, 0) is 20.8 Å². The molecule has 0 unspecified atom stereocenters. The van der Waals surface area contributed by atoms with Crippen LogP contribution < -0.4 is 0 Å². The third-order valence-corrected chi connectivity index (χ3v) is 4.22. The number of ether oxygens (including phenoxy) is 2. The molecule has 0 aromatic heterocycles. The summed E-state index contributed by atoms with van der Waals surface area (Å²) in [6, 6.07) is 6.38. The molecular formula is C21H26N2O6. The minimum Gasteiger partial charge on any atom is -0.459 e. The van der Waals surface area contributed by atoms with E-state index in [-0.39, 0.29) is 35.7 Å². The molecule has 1 aliphatic rings. The zero-order chi connectivity index (χ0) is 21.9. The summed E-state index contributed by atoms with van der Waals surface area (Å²) in [7, 11) is 4.27. The van der Waals surface area contributed by atoms with Crippen molar-refractivity contribution in [1.29, 1.82) is 0 Å². The van der Waals surface area contributed by atoms with Crippen molar-refractivity contribution >= 4 is 23.4 Å². The molecule has 0 heterocycles. The Labute approximate surface area is 170 Å². The van der Waals surface area contributed by atoms with Crippen molar-refractivity contribution in [2.45, 2.75) is 26.4 Å². The van der Waals surface area contributed by atoms with E-state index in [1.807, 2.05) is 0 Å². The van der Waals surface area contributed by atoms with Gasteiger partial charge in [0.25, 0.3) is 5.91 Å². The van der Waals surface area contributed by atoms with Gasteiger partial charge in [-0.3, -0.25) is 19.2 Å². The standard InChI is InChI=1S/C21H26N2O6/c1-21(2,3)29-16(25)11-22(4)17-18(23(5)15(24)12-28-6)20(27)14-10-8-7-9-13(14)19(17)26/h7-10H,11-12H2,1-6H3. The molecular weight excluding hydrogens is 376 g/mol. The number of amides is 1. The molecule has 1 aromatic carbocycles. The molecule has 2 rings (SSSR count). The second-order valence-corrected chi connectivity index (χ2v) is 7.73. The summed E-state index contributed by atoms with van der Waals surface area (Å²) in [6.45, 7) is 4.69. The number of fused-ring (bicyclic) bond motifs is 1. The van der Waals surface area contributed by atoms with E-state index in [9.17, 15) is 19.2 Å². The number of rotatable bonds is 6. The van der Waals surface area contributed by atoms with Crippen LogP contribution in [0.3, 0.4) is 0 Å². The number of Topliss-reactive ketones (excluding diaryl/α,β-unsaturated/α-hetero) is 2. The monoisotopic (exact) mass is 402 g/mol. The summed E-state index contributed by atoms with van der Waals surface area (Å²) in [5, 5.41) is 0. The largest absolute Gasteiger partial charge is 0.459 e. The molecule has 0 fully saturated rings. The highest BCUT2D eigenvalue weighted by molar-refractivity contribution is 6.27. The molecule has 0 radical (unpaired) electrons. The summed E-state index contributed by atoms with van der Waals surface area (Å²) < 4.78 is 10.2. The minimum atomic E-state index is -0.695. The molecule has 156 valence electrons. The Kier molecular flexibility index (Phi) is 6.58. The normalized spacial score (nSPS) is 13.9. The van der Waals surface area contributed by atoms with Crippen molar-refractivity contribution in [1.82, 2.24) is 9.80 Å². The third-order valence-electron chi connectivity index (χ3n) is 4.22. The van der Waals surface area contributed by atoms with Gasteiger partial charge in [-0.15, -0.1) is 0 Å². The molecule has 0 N–H and O–H groups in total. The summed E-state index contributed by atoms with van der Waals surface area (Å²) in [5.74, 6) is -1.97. The van der Waals surface area contributed by atoms with E-state index >= 15 is 0 Å². The molecule has 0 saturated carbocycles. The first-order valence-electron chi connectivity index (χ1n) is 9.09. The summed E-state index contributed by atoms with van der Waals surface area (Å²) >= 11 is 0. The van der Waals surface area contributed by atoms with Crippen LogP contribution in [0.5, 0.6) is 0 Å². The lowest BCUT2D eigenvalue weighted by molar-refractivity contribution is -0.155. The van der Waals surface area contributed by atoms with Gasteiger partial charge in [0, 0.05) is 32.3 Å². The van der Waals surface area contributed by atoms with Crippen LogP contribution in [-0.4, -0.2) is 73.2 Å². The second kappa shape index (κ2) is 8.57. The predicted octanol–water partition coefficient (Wildman–Crippen LogP) is 1.66. The topological polar surface area (TPSA) is 93.2 Å². The zero-order valence-corrected chi connectivity index (χ0v) is 17.6. The third kappa shape index (κ3) is 4.89. The van der Waals surface area contributed by atoms with Crippen LogP contribution in [0.2, 0.25) is 0 Å². The minimum absolute atomic E-state index is 0.0356. The van der Waals surface area contributed by atoms with E-state index < -0.39 is 29.0 Å². The van der Waals surface area contributed by atoms with Crippen LogP contribution in [0.25, 0.3) is 0 Å². The maximum absolute atomic E-state index is 13.2. The van der Waals surface area contributed by atoms with Gasteiger partial charge in [0.05, 0.1) is 0 Å². The number of methoxy groups -OCH3 is 1. The van der Waals surface area contributed by atoms with Crippen LogP contribution in [0.1, 0.15) is 41.5 Å². The van der Waals surface area contributed by atoms with Crippen molar-refractivity contribution in [2.75, 3.05) is 34.4 Å². The molecule has 0 saturated heterocycles. The van der Waals surface area contributed by atoms with Crippen LogP contribution in [0.4, 0.5) is 0 Å². The number of nitrogens with zero attached hydrogens (tertiary/aromatic N) is 2. The van der Waals surface area contributed by atoms with Crippen molar-refractivity contribution < 1.29 is 28.7 Å². The quantitative estimate of drug-likeness (QED) is 0.668. The Morgan fingerprint density at radius 3 is 1.97 bits per heavy atom. The first-order valence-corrected chi connectivity index (χ1v) is 9.09. The lowest BCUT2D eigenvalue weighted by Gasteiger charge is -2.32. The smallest absolute Gasteiger partial charge is 0.326 e. The van der Waals surface area contributed by atoms with Gasteiger partial charge in [0.15, 0.2) is 0 Å². The zero-order valence-electron chi connectivity index (χ0n) is 17.6. The van der Waals surface area contributed by atoms with Gasteiger partial charge in [-0.2, -0.15) is 0 Å². The predicted molar refractivity (Wildman–Crippen MR) is 105 cm³/mol. The number of carbonyl (C=O) groups is 4. The highest BCUT2D eigenvalue weighted by Crippen LogP contribution is 2.29. The van der Waals surface area contributed by atoms with Crippen LogP contribution in [-0.2, 0) is 19.1 Å². The number of carbonyl (C=O) groups excluding carboxylic acids is 4. The summed E-state index contributed by atoms with van der Waals surface area (Å²) in [4.78, 5) is 53.4. The van der Waals surface area contributed by atoms with E-state index in [4.69, 9.17) is 9.47 Å². The fourth-order valence-electron chi connectivity index (χ4n) is 3.01. The molecule has 0 aliphatic heterocycles. The van der Waals surface area contributed by atoms with Crippen LogP contribution >= 0.6 is 0 Å². The lowest BCUT2D eigenvalue weighted by atomic mass is 9.89. The molecule has 8 heteroatoms. The number of likely N-dealkylation sites (N-methyl/N-ethyl adjacent to an activating group) is 2. The average Bonchev–Trinajstić information content (AvgIpc) is 2.62. The number of allylic oxidation sites excluding steroid dienone is 2. The van der Waals surface area contributed by atoms with Gasteiger partial charge in [-0.25, -0.2) is 0 Å². The molecule has 1 aliphatic carbocycles. The lowest BCUT2D eigenvalue weighted by Crippen LogP contribution is -2.42. The Bertz CT molecular complexity index is 881. The van der Waals surface area contributed by atoms with Gasteiger partial charge in [0.1, 0.15) is 30.1 Å². The molecule has 1 aromatic rings. The SMILES string of the molecule is COCC(=O)N(C)C1=C(N(C)CC(=O)OC(C)(C)C)C(=O)c2ccccc2C1=O. The Morgan fingerprint density at radius 1 is 0.966 bits per heavy atom. The van der Waals surface area contributed by atoms with Gasteiger partial charge < -0.3 is 19.3 Å². The number of ketones is 2. The highest BCUT2D eigenvalue weighted by atomic mass is 16.6. The van der Waals surface area contributed by atoms with E-state index in [1.165, 1.54) is 32.2 Å². The van der Waals surface area contributed by atoms with Crippen molar-refractivity contribution in [3.8, 4) is 0 Å². The highest BCUT2D eigenvalue weighted by Gasteiger charge is 2.38. The number of hydrogen-bond acceptors (Lipinski definition) is 7. The second-order valence-electron chi connectivity index (χ2n) is 7.73. The fourth-order valence-corrected chi connectivity index (χ4v) is 3.01.